The fourth-order valence-corrected chi connectivity index (χ4v) is 4.11. The van der Waals surface area contributed by atoms with E-state index < -0.39 is 17.5 Å². The Kier molecular flexibility index (Phi) is 7.64. The van der Waals surface area contributed by atoms with Crippen molar-refractivity contribution in [2.75, 3.05) is 5.32 Å². The Morgan fingerprint density at radius 3 is 2.11 bits per heavy atom. The topological polar surface area (TPSA) is 104 Å². The van der Waals surface area contributed by atoms with Crippen molar-refractivity contribution in [3.63, 3.8) is 0 Å². The standard InChI is InChI=1S/C28H24N2O5.Na/c1-18-24(29-27(33)34-17-19-5-3-2-4-6-19)25(35-30-18)22-9-7-20(8-10-22)21-11-13-23(14-12-21)28(15-16-28)26(31)32;/h2-14H,15-17H2,1H3,(H,29,33)(H,31,32);/q;+1/p-1. The largest absolute Gasteiger partial charge is 1.00 e. The van der Waals surface area contributed by atoms with E-state index in [0.29, 0.717) is 30.0 Å². The van der Waals surface area contributed by atoms with Gasteiger partial charge in [0.1, 0.15) is 18.0 Å². The zero-order chi connectivity index (χ0) is 24.4. The third kappa shape index (κ3) is 5.23. The number of rotatable bonds is 7. The molecular weight excluding hydrogens is 467 g/mol. The maximum absolute atomic E-state index is 12.4. The molecule has 0 radical (unpaired) electrons. The van der Waals surface area contributed by atoms with Crippen molar-refractivity contribution >= 4 is 17.7 Å². The van der Waals surface area contributed by atoms with Crippen molar-refractivity contribution in [3.05, 3.63) is 95.7 Å². The van der Waals surface area contributed by atoms with Crippen molar-refractivity contribution in [3.8, 4) is 22.5 Å². The molecule has 0 atom stereocenters. The van der Waals surface area contributed by atoms with Crippen LogP contribution in [0.5, 0.6) is 0 Å². The molecule has 1 aliphatic carbocycles. The Labute approximate surface area is 230 Å². The van der Waals surface area contributed by atoms with Gasteiger partial charge < -0.3 is 19.2 Å². The number of amides is 1. The number of anilines is 1. The molecule has 0 unspecified atom stereocenters. The average molecular weight is 490 g/mol. The van der Waals surface area contributed by atoms with Crippen molar-refractivity contribution < 1.29 is 53.5 Å². The molecule has 1 N–H and O–H groups in total. The van der Waals surface area contributed by atoms with Gasteiger partial charge in [-0.1, -0.05) is 84.0 Å². The number of carboxylic acid groups (broad SMARTS) is 1. The van der Waals surface area contributed by atoms with Crippen LogP contribution in [0.15, 0.2) is 83.4 Å². The summed E-state index contributed by atoms with van der Waals surface area (Å²) in [6.45, 7) is 1.90. The van der Waals surface area contributed by atoms with Crippen LogP contribution in [0.1, 0.15) is 29.7 Å². The molecular formula is C28H23N2NaO5. The SMILES string of the molecule is Cc1noc(-c2ccc(-c3ccc(C4(C(=O)[O-])CC4)cc3)cc2)c1NC(=O)OCc1ccccc1.[Na+]. The minimum atomic E-state index is -1.01. The number of nitrogens with one attached hydrogen (secondary N) is 1. The Morgan fingerprint density at radius 1 is 0.944 bits per heavy atom. The number of aryl methyl sites for hydroxylation is 1. The number of nitrogens with zero attached hydrogens (tertiary/aromatic N) is 1. The zero-order valence-corrected chi connectivity index (χ0v) is 22.1. The van der Waals surface area contributed by atoms with Crippen molar-refractivity contribution in [1.29, 1.82) is 0 Å². The van der Waals surface area contributed by atoms with Gasteiger partial charge in [-0.3, -0.25) is 5.32 Å². The number of benzene rings is 3. The predicted octanol–water partition coefficient (Wildman–Crippen LogP) is 1.85. The van der Waals surface area contributed by atoms with Crippen molar-refractivity contribution in [2.24, 2.45) is 0 Å². The quantitative estimate of drug-likeness (QED) is 0.397. The minimum Gasteiger partial charge on any atom is -0.549 e. The summed E-state index contributed by atoms with van der Waals surface area (Å²) in [5, 5.41) is 18.2. The third-order valence-electron chi connectivity index (χ3n) is 6.36. The van der Waals surface area contributed by atoms with Crippen LogP contribution in [-0.2, 0) is 21.6 Å². The Balaban J connectivity index is 0.00000304. The summed E-state index contributed by atoms with van der Waals surface area (Å²) in [6, 6.07) is 24.6. The van der Waals surface area contributed by atoms with Gasteiger partial charge in [-0.15, -0.1) is 0 Å². The predicted molar refractivity (Wildman–Crippen MR) is 128 cm³/mol. The maximum Gasteiger partial charge on any atom is 1.00 e. The number of carbonyl (C=O) groups is 2. The van der Waals surface area contributed by atoms with E-state index in [0.717, 1.165) is 27.8 Å². The van der Waals surface area contributed by atoms with Gasteiger partial charge in [-0.2, -0.15) is 0 Å². The molecule has 5 rings (SSSR count). The fourth-order valence-electron chi connectivity index (χ4n) is 4.11. The minimum absolute atomic E-state index is 0. The fraction of sp³-hybridized carbons (Fsp3) is 0.179. The number of carboxylic acids is 1. The van der Waals surface area contributed by atoms with Crippen LogP contribution >= 0.6 is 0 Å². The van der Waals surface area contributed by atoms with E-state index >= 15 is 0 Å². The van der Waals surface area contributed by atoms with Crippen molar-refractivity contribution in [1.82, 2.24) is 5.16 Å². The molecule has 3 aromatic carbocycles. The Morgan fingerprint density at radius 2 is 1.53 bits per heavy atom. The van der Waals surface area contributed by atoms with E-state index in [1.165, 1.54) is 0 Å². The molecule has 7 nitrogen and oxygen atoms in total. The van der Waals surface area contributed by atoms with Crippen LogP contribution in [0.4, 0.5) is 10.5 Å². The van der Waals surface area contributed by atoms with Crippen LogP contribution < -0.4 is 40.0 Å². The molecule has 1 heterocycles. The number of carbonyl (C=O) groups excluding carboxylic acids is 2. The molecule has 36 heavy (non-hydrogen) atoms. The van der Waals surface area contributed by atoms with E-state index in [2.05, 4.69) is 10.5 Å². The monoisotopic (exact) mass is 490 g/mol. The average Bonchev–Trinajstić information content (AvgIpc) is 3.63. The van der Waals surface area contributed by atoms with Gasteiger partial charge in [-0.05, 0) is 42.0 Å². The first-order chi connectivity index (χ1) is 17.0. The first-order valence-corrected chi connectivity index (χ1v) is 11.3. The Hall–Kier alpha value is -3.39. The van der Waals surface area contributed by atoms with Gasteiger partial charge >= 0.3 is 35.7 Å². The third-order valence-corrected chi connectivity index (χ3v) is 6.36. The molecule has 1 aromatic heterocycles. The second kappa shape index (κ2) is 10.7. The van der Waals surface area contributed by atoms with Gasteiger partial charge in [0.15, 0.2) is 5.76 Å². The smallest absolute Gasteiger partial charge is 0.549 e. The number of ether oxygens (including phenoxy) is 1. The van der Waals surface area contributed by atoms with Crippen LogP contribution in [0.2, 0.25) is 0 Å². The van der Waals surface area contributed by atoms with Gasteiger partial charge in [0.05, 0.1) is 5.97 Å². The molecule has 0 saturated heterocycles. The molecule has 1 saturated carbocycles. The summed E-state index contributed by atoms with van der Waals surface area (Å²) in [5.41, 5.74) is 4.52. The van der Waals surface area contributed by atoms with Gasteiger partial charge in [-0.25, -0.2) is 4.79 Å². The van der Waals surface area contributed by atoms with Gasteiger partial charge in [0, 0.05) is 11.0 Å². The van der Waals surface area contributed by atoms with E-state index in [1.54, 1.807) is 6.92 Å². The molecule has 1 amide bonds. The summed E-state index contributed by atoms with van der Waals surface area (Å²) in [6.07, 6.45) is 0.648. The summed E-state index contributed by atoms with van der Waals surface area (Å²) >= 11 is 0. The van der Waals surface area contributed by atoms with E-state index in [1.807, 2.05) is 78.9 Å². The first kappa shape index (κ1) is 25.7. The molecule has 0 bridgehead atoms. The summed E-state index contributed by atoms with van der Waals surface area (Å²) in [7, 11) is 0. The number of aliphatic carboxylic acids is 1. The molecule has 4 aromatic rings. The molecule has 1 aliphatic rings. The Bertz CT molecular complexity index is 1360. The molecule has 0 aliphatic heterocycles. The van der Waals surface area contributed by atoms with Gasteiger partial charge in [0.2, 0.25) is 0 Å². The molecule has 1 fully saturated rings. The number of aromatic nitrogens is 1. The van der Waals surface area contributed by atoms with Crippen LogP contribution in [0.3, 0.4) is 0 Å². The van der Waals surface area contributed by atoms with Gasteiger partial charge in [0.25, 0.3) is 0 Å². The number of hydrogen-bond acceptors (Lipinski definition) is 6. The van der Waals surface area contributed by atoms with E-state index in [9.17, 15) is 14.7 Å². The second-order valence-electron chi connectivity index (χ2n) is 8.68. The van der Waals surface area contributed by atoms with Crippen molar-refractivity contribution in [2.45, 2.75) is 31.8 Å². The summed E-state index contributed by atoms with van der Waals surface area (Å²) in [4.78, 5) is 23.8. The van der Waals surface area contributed by atoms with Crippen LogP contribution in [-0.4, -0.2) is 17.2 Å². The maximum atomic E-state index is 12.4. The molecule has 0 spiro atoms. The molecule has 8 heteroatoms. The first-order valence-electron chi connectivity index (χ1n) is 11.3. The zero-order valence-electron chi connectivity index (χ0n) is 20.1. The van der Waals surface area contributed by atoms with E-state index in [-0.39, 0.29) is 36.2 Å². The summed E-state index contributed by atoms with van der Waals surface area (Å²) in [5.74, 6) is -0.573. The van der Waals surface area contributed by atoms with Crippen LogP contribution in [0.25, 0.3) is 22.5 Å². The number of hydrogen-bond donors (Lipinski definition) is 1. The van der Waals surface area contributed by atoms with E-state index in [4.69, 9.17) is 9.26 Å². The summed E-state index contributed by atoms with van der Waals surface area (Å²) < 4.78 is 10.8. The molecule has 176 valence electrons. The normalized spacial score (nSPS) is 13.4. The van der Waals surface area contributed by atoms with Crippen LogP contribution in [0, 0.1) is 6.92 Å². The second-order valence-corrected chi connectivity index (χ2v) is 8.68.